The SMILES string of the molecule is Cc1nc(CN2CCN(S(=O)(=O)c3ccc(C)c(C(F)(F)F)c3)CC2)n[nH]1.O=C(O)C(F)(F)F. The van der Waals surface area contributed by atoms with Gasteiger partial charge < -0.3 is 5.11 Å². The molecule has 3 rings (SSSR count). The Morgan fingerprint density at radius 2 is 1.65 bits per heavy atom. The van der Waals surface area contributed by atoms with Crippen LogP contribution >= 0.6 is 0 Å². The van der Waals surface area contributed by atoms with E-state index in [-0.39, 0.29) is 23.5 Å². The third-order valence-corrected chi connectivity index (χ3v) is 6.63. The molecule has 2 aromatic rings. The highest BCUT2D eigenvalue weighted by molar-refractivity contribution is 7.89. The van der Waals surface area contributed by atoms with Crippen molar-refractivity contribution in [2.45, 2.75) is 37.6 Å². The highest BCUT2D eigenvalue weighted by Crippen LogP contribution is 2.34. The molecule has 1 aromatic heterocycles. The van der Waals surface area contributed by atoms with Crippen LogP contribution in [0.3, 0.4) is 0 Å². The van der Waals surface area contributed by atoms with Gasteiger partial charge in [0, 0.05) is 26.2 Å². The zero-order valence-corrected chi connectivity index (χ0v) is 18.7. The Labute approximate surface area is 190 Å². The van der Waals surface area contributed by atoms with Crippen LogP contribution < -0.4 is 0 Å². The Balaban J connectivity index is 0.000000509. The van der Waals surface area contributed by atoms with Gasteiger partial charge in [-0.25, -0.2) is 18.2 Å². The number of H-pyrrole nitrogens is 1. The summed E-state index contributed by atoms with van der Waals surface area (Å²) in [6.45, 7) is 4.87. The molecule has 9 nitrogen and oxygen atoms in total. The number of piperazine rings is 1. The number of sulfonamides is 1. The Morgan fingerprint density at radius 1 is 1.09 bits per heavy atom. The molecular formula is C18H21F6N5O4S. The van der Waals surface area contributed by atoms with Crippen molar-refractivity contribution in [2.24, 2.45) is 0 Å². The summed E-state index contributed by atoms with van der Waals surface area (Å²) >= 11 is 0. The van der Waals surface area contributed by atoms with E-state index in [0.717, 1.165) is 0 Å². The average molecular weight is 517 g/mol. The van der Waals surface area contributed by atoms with Gasteiger partial charge >= 0.3 is 18.3 Å². The highest BCUT2D eigenvalue weighted by atomic mass is 32.2. The fraction of sp³-hybridized carbons (Fsp3) is 0.500. The molecule has 0 amide bonds. The molecule has 1 aromatic carbocycles. The number of nitrogens with zero attached hydrogens (tertiary/aromatic N) is 4. The quantitative estimate of drug-likeness (QED) is 0.599. The summed E-state index contributed by atoms with van der Waals surface area (Å²) in [5.41, 5.74) is -0.935. The monoisotopic (exact) mass is 517 g/mol. The Morgan fingerprint density at radius 3 is 2.09 bits per heavy atom. The molecule has 2 heterocycles. The van der Waals surface area contributed by atoms with Gasteiger partial charge in [0.1, 0.15) is 5.82 Å². The molecule has 190 valence electrons. The first kappa shape index (κ1) is 27.5. The molecule has 16 heteroatoms. The van der Waals surface area contributed by atoms with Crippen LogP contribution in [0.25, 0.3) is 0 Å². The second-order valence-electron chi connectivity index (χ2n) is 7.29. The minimum atomic E-state index is -5.08. The summed E-state index contributed by atoms with van der Waals surface area (Å²) in [5.74, 6) is -1.43. The number of hydrogen-bond donors (Lipinski definition) is 2. The normalized spacial score (nSPS) is 16.1. The van der Waals surface area contributed by atoms with Crippen LogP contribution in [0, 0.1) is 13.8 Å². The van der Waals surface area contributed by atoms with Gasteiger partial charge in [-0.05, 0) is 31.5 Å². The number of aromatic amines is 1. The van der Waals surface area contributed by atoms with Gasteiger partial charge in [0.15, 0.2) is 5.82 Å². The summed E-state index contributed by atoms with van der Waals surface area (Å²) in [6, 6.07) is 3.13. The number of carbonyl (C=O) groups is 1. The number of alkyl halides is 6. The van der Waals surface area contributed by atoms with Crippen LogP contribution in [0.5, 0.6) is 0 Å². The zero-order chi connectivity index (χ0) is 25.9. The maximum atomic E-state index is 13.1. The van der Waals surface area contributed by atoms with Crippen molar-refractivity contribution in [3.05, 3.63) is 41.0 Å². The van der Waals surface area contributed by atoms with Crippen molar-refractivity contribution in [1.82, 2.24) is 24.4 Å². The van der Waals surface area contributed by atoms with E-state index < -0.39 is 33.9 Å². The first-order valence-corrected chi connectivity index (χ1v) is 11.0. The van der Waals surface area contributed by atoms with Crippen LogP contribution in [-0.2, 0) is 27.5 Å². The molecule has 0 saturated carbocycles. The topological polar surface area (TPSA) is 119 Å². The number of halogens is 6. The standard InChI is InChI=1S/C16H20F3N5O2S.C2HF3O2/c1-11-3-4-13(9-14(11)16(17,18)19)27(25,26)24-7-5-23(6-8-24)10-15-20-12(2)21-22-15;3-2(4,5)1(6)7/h3-4,9H,5-8,10H2,1-2H3,(H,20,21,22);(H,6,7). The number of aromatic nitrogens is 3. The molecule has 0 radical (unpaired) electrons. The van der Waals surface area contributed by atoms with E-state index in [2.05, 4.69) is 15.2 Å². The summed E-state index contributed by atoms with van der Waals surface area (Å²) in [4.78, 5) is 14.8. The Bertz CT molecular complexity index is 1110. The van der Waals surface area contributed by atoms with Crippen LogP contribution in [-0.4, -0.2) is 76.2 Å². The van der Waals surface area contributed by atoms with Gasteiger partial charge in [0.2, 0.25) is 10.0 Å². The van der Waals surface area contributed by atoms with Crippen molar-refractivity contribution in [3.63, 3.8) is 0 Å². The molecule has 0 spiro atoms. The number of aryl methyl sites for hydroxylation is 2. The lowest BCUT2D eigenvalue weighted by atomic mass is 10.1. The second kappa shape index (κ2) is 10.3. The number of carboxylic acid groups (broad SMARTS) is 1. The lowest BCUT2D eigenvalue weighted by Crippen LogP contribution is -2.48. The highest BCUT2D eigenvalue weighted by Gasteiger charge is 2.38. The third-order valence-electron chi connectivity index (χ3n) is 4.73. The van der Waals surface area contributed by atoms with Crippen LogP contribution in [0.4, 0.5) is 26.3 Å². The van der Waals surface area contributed by atoms with Gasteiger partial charge in [-0.15, -0.1) is 0 Å². The number of carboxylic acids is 1. The summed E-state index contributed by atoms with van der Waals surface area (Å²) < 4.78 is 97.7. The maximum absolute atomic E-state index is 13.1. The fourth-order valence-corrected chi connectivity index (χ4v) is 4.45. The molecule has 1 saturated heterocycles. The number of hydrogen-bond acceptors (Lipinski definition) is 6. The number of rotatable bonds is 4. The molecule has 2 N–H and O–H groups in total. The molecule has 1 aliphatic rings. The maximum Gasteiger partial charge on any atom is 0.490 e. The molecule has 0 unspecified atom stereocenters. The lowest BCUT2D eigenvalue weighted by molar-refractivity contribution is -0.192. The van der Waals surface area contributed by atoms with E-state index in [4.69, 9.17) is 9.90 Å². The summed E-state index contributed by atoms with van der Waals surface area (Å²) in [7, 11) is -3.98. The van der Waals surface area contributed by atoms with Gasteiger partial charge in [-0.2, -0.15) is 35.7 Å². The largest absolute Gasteiger partial charge is 0.490 e. The van der Waals surface area contributed by atoms with Crippen LogP contribution in [0.15, 0.2) is 23.1 Å². The van der Waals surface area contributed by atoms with Crippen molar-refractivity contribution in [2.75, 3.05) is 26.2 Å². The minimum absolute atomic E-state index is 0.00642. The number of nitrogens with one attached hydrogen (secondary N) is 1. The van der Waals surface area contributed by atoms with E-state index in [0.29, 0.717) is 37.3 Å². The molecule has 0 bridgehead atoms. The van der Waals surface area contributed by atoms with Gasteiger partial charge in [0.25, 0.3) is 0 Å². The van der Waals surface area contributed by atoms with E-state index in [1.54, 1.807) is 6.92 Å². The Kier molecular flexibility index (Phi) is 8.31. The van der Waals surface area contributed by atoms with Crippen molar-refractivity contribution in [1.29, 1.82) is 0 Å². The molecule has 1 aliphatic heterocycles. The summed E-state index contributed by atoms with van der Waals surface area (Å²) in [5, 5.41) is 13.9. The number of benzene rings is 1. The van der Waals surface area contributed by atoms with Gasteiger partial charge in [-0.3, -0.25) is 10.00 Å². The fourth-order valence-electron chi connectivity index (χ4n) is 3.00. The van der Waals surface area contributed by atoms with E-state index in [1.807, 2.05) is 4.90 Å². The zero-order valence-electron chi connectivity index (χ0n) is 17.9. The molecule has 1 fully saturated rings. The Hall–Kier alpha value is -2.72. The van der Waals surface area contributed by atoms with Crippen LogP contribution in [0.1, 0.15) is 22.8 Å². The van der Waals surface area contributed by atoms with E-state index >= 15 is 0 Å². The molecule has 0 aliphatic carbocycles. The van der Waals surface area contributed by atoms with E-state index in [9.17, 15) is 34.8 Å². The lowest BCUT2D eigenvalue weighted by Gasteiger charge is -2.33. The predicted molar refractivity (Wildman–Crippen MR) is 105 cm³/mol. The average Bonchev–Trinajstić information content (AvgIpc) is 3.12. The van der Waals surface area contributed by atoms with Crippen molar-refractivity contribution >= 4 is 16.0 Å². The first-order chi connectivity index (χ1) is 15.5. The minimum Gasteiger partial charge on any atom is -0.475 e. The smallest absolute Gasteiger partial charge is 0.475 e. The van der Waals surface area contributed by atoms with Gasteiger partial charge in [-0.1, -0.05) is 6.07 Å². The molecule has 0 atom stereocenters. The second-order valence-corrected chi connectivity index (χ2v) is 9.23. The van der Waals surface area contributed by atoms with E-state index in [1.165, 1.54) is 23.4 Å². The third kappa shape index (κ3) is 7.14. The summed E-state index contributed by atoms with van der Waals surface area (Å²) in [6.07, 6.45) is -9.68. The predicted octanol–water partition coefficient (Wildman–Crippen LogP) is 2.58. The number of aliphatic carboxylic acids is 1. The molecular weight excluding hydrogens is 496 g/mol. The van der Waals surface area contributed by atoms with Crippen molar-refractivity contribution in [3.8, 4) is 0 Å². The van der Waals surface area contributed by atoms with Gasteiger partial charge in [0.05, 0.1) is 17.0 Å². The van der Waals surface area contributed by atoms with Crippen molar-refractivity contribution < 1.29 is 44.7 Å². The molecule has 34 heavy (non-hydrogen) atoms. The van der Waals surface area contributed by atoms with Crippen LogP contribution in [0.2, 0.25) is 0 Å². The first-order valence-electron chi connectivity index (χ1n) is 9.60.